The van der Waals surface area contributed by atoms with E-state index in [1.165, 1.54) is 12.1 Å². The predicted octanol–water partition coefficient (Wildman–Crippen LogP) is 1.45. The van der Waals surface area contributed by atoms with E-state index in [2.05, 4.69) is 0 Å². The number of halogens is 1. The van der Waals surface area contributed by atoms with Gasteiger partial charge in [-0.3, -0.25) is 0 Å². The van der Waals surface area contributed by atoms with E-state index in [0.717, 1.165) is 6.07 Å². The molecule has 0 fully saturated rings. The molecule has 3 nitrogen and oxygen atoms in total. The fourth-order valence-electron chi connectivity index (χ4n) is 1.24. The van der Waals surface area contributed by atoms with Crippen LogP contribution in [0.5, 0.6) is 0 Å². The fourth-order valence-corrected chi connectivity index (χ4v) is 1.24. The van der Waals surface area contributed by atoms with E-state index in [4.69, 9.17) is 10.2 Å². The van der Waals surface area contributed by atoms with Crippen molar-refractivity contribution in [1.29, 1.82) is 0 Å². The first kappa shape index (κ1) is 10.7. The van der Waals surface area contributed by atoms with Gasteiger partial charge in [-0.15, -0.1) is 0 Å². The van der Waals surface area contributed by atoms with Crippen LogP contribution in [0.25, 0.3) is 0 Å². The molecule has 1 rings (SSSR count). The average molecular weight is 198 g/mol. The van der Waals surface area contributed by atoms with Crippen molar-refractivity contribution in [3.05, 3.63) is 35.1 Å². The summed E-state index contributed by atoms with van der Waals surface area (Å²) >= 11 is 0. The fraction of sp³-hybridized carbons (Fsp3) is 0.300. The summed E-state index contributed by atoms with van der Waals surface area (Å²) in [4.78, 5) is 10.7. The van der Waals surface area contributed by atoms with E-state index in [1.807, 2.05) is 0 Å². The zero-order valence-electron chi connectivity index (χ0n) is 7.53. The van der Waals surface area contributed by atoms with Crippen LogP contribution < -0.4 is 0 Å². The number of rotatable bonds is 4. The molecule has 0 saturated carbocycles. The second-order valence-electron chi connectivity index (χ2n) is 2.93. The van der Waals surface area contributed by atoms with E-state index in [1.54, 1.807) is 0 Å². The smallest absolute Gasteiger partial charge is 0.336 e. The highest BCUT2D eigenvalue weighted by atomic mass is 19.1. The van der Waals surface area contributed by atoms with Crippen LogP contribution in [0.1, 0.15) is 22.3 Å². The normalized spacial score (nSPS) is 10.1. The Bertz CT molecular complexity index is 336. The summed E-state index contributed by atoms with van der Waals surface area (Å²) in [6, 6.07) is 3.66. The number of hydrogen-bond acceptors (Lipinski definition) is 2. The molecule has 1 aromatic rings. The van der Waals surface area contributed by atoms with Gasteiger partial charge >= 0.3 is 5.97 Å². The van der Waals surface area contributed by atoms with Crippen molar-refractivity contribution in [2.45, 2.75) is 12.8 Å². The van der Waals surface area contributed by atoms with Crippen LogP contribution in [0.2, 0.25) is 0 Å². The molecule has 0 aliphatic rings. The van der Waals surface area contributed by atoms with E-state index < -0.39 is 11.8 Å². The Labute approximate surface area is 80.8 Å². The molecular weight excluding hydrogens is 187 g/mol. The molecule has 0 heterocycles. The average Bonchev–Trinajstić information content (AvgIpc) is 2.15. The molecule has 0 amide bonds. The topological polar surface area (TPSA) is 57.5 Å². The SMILES string of the molecule is O=C(O)c1cc(F)ccc1CCCO. The van der Waals surface area contributed by atoms with Crippen molar-refractivity contribution in [1.82, 2.24) is 0 Å². The lowest BCUT2D eigenvalue weighted by Crippen LogP contribution is -2.04. The summed E-state index contributed by atoms with van der Waals surface area (Å²) in [6.07, 6.45) is 0.921. The summed E-state index contributed by atoms with van der Waals surface area (Å²) < 4.78 is 12.7. The van der Waals surface area contributed by atoms with Crippen LogP contribution in [-0.4, -0.2) is 22.8 Å². The molecule has 2 N–H and O–H groups in total. The Morgan fingerprint density at radius 3 is 2.71 bits per heavy atom. The zero-order valence-corrected chi connectivity index (χ0v) is 7.53. The molecule has 0 spiro atoms. The van der Waals surface area contributed by atoms with Gasteiger partial charge in [0.2, 0.25) is 0 Å². The van der Waals surface area contributed by atoms with Crippen LogP contribution in [0.15, 0.2) is 18.2 Å². The van der Waals surface area contributed by atoms with Gasteiger partial charge in [-0.1, -0.05) is 6.07 Å². The summed E-state index contributed by atoms with van der Waals surface area (Å²) in [7, 11) is 0. The number of benzene rings is 1. The molecule has 0 radical (unpaired) electrons. The molecular formula is C10H11FO3. The first-order valence-electron chi connectivity index (χ1n) is 4.27. The molecule has 14 heavy (non-hydrogen) atoms. The lowest BCUT2D eigenvalue weighted by molar-refractivity contribution is 0.0695. The highest BCUT2D eigenvalue weighted by molar-refractivity contribution is 5.89. The molecule has 0 aliphatic heterocycles. The standard InChI is InChI=1S/C10H11FO3/c11-8-4-3-7(2-1-5-12)9(6-8)10(13)14/h3-4,6,12H,1-2,5H2,(H,13,14). The van der Waals surface area contributed by atoms with Gasteiger partial charge in [0.05, 0.1) is 5.56 Å². The first-order valence-corrected chi connectivity index (χ1v) is 4.27. The number of carboxylic acids is 1. The van der Waals surface area contributed by atoms with Gasteiger partial charge in [-0.05, 0) is 30.5 Å². The number of hydrogen-bond donors (Lipinski definition) is 2. The van der Waals surface area contributed by atoms with Crippen molar-refractivity contribution < 1.29 is 19.4 Å². The Morgan fingerprint density at radius 2 is 2.14 bits per heavy atom. The number of carboxylic acid groups (broad SMARTS) is 1. The van der Waals surface area contributed by atoms with Gasteiger partial charge < -0.3 is 10.2 Å². The third-order valence-electron chi connectivity index (χ3n) is 1.91. The monoisotopic (exact) mass is 198 g/mol. The minimum atomic E-state index is -1.14. The van der Waals surface area contributed by atoms with Crippen LogP contribution in [0, 0.1) is 5.82 Å². The summed E-state index contributed by atoms with van der Waals surface area (Å²) in [6.45, 7) is -0.00354. The predicted molar refractivity (Wildman–Crippen MR) is 48.8 cm³/mol. The lowest BCUT2D eigenvalue weighted by atomic mass is 10.0. The molecule has 4 heteroatoms. The number of aliphatic hydroxyl groups is 1. The lowest BCUT2D eigenvalue weighted by Gasteiger charge is -2.04. The minimum absolute atomic E-state index is 0.00354. The number of aliphatic hydroxyl groups excluding tert-OH is 1. The Hall–Kier alpha value is -1.42. The van der Waals surface area contributed by atoms with E-state index in [0.29, 0.717) is 18.4 Å². The molecule has 0 aromatic heterocycles. The minimum Gasteiger partial charge on any atom is -0.478 e. The number of aryl methyl sites for hydroxylation is 1. The number of carbonyl (C=O) groups is 1. The summed E-state index contributed by atoms with van der Waals surface area (Å²) in [5.74, 6) is -1.70. The van der Waals surface area contributed by atoms with Gasteiger partial charge in [0.15, 0.2) is 0 Å². The highest BCUT2D eigenvalue weighted by Crippen LogP contribution is 2.13. The van der Waals surface area contributed by atoms with Gasteiger partial charge in [0.1, 0.15) is 5.82 Å². The van der Waals surface area contributed by atoms with E-state index in [-0.39, 0.29) is 12.2 Å². The van der Waals surface area contributed by atoms with Gasteiger partial charge in [-0.2, -0.15) is 0 Å². The van der Waals surface area contributed by atoms with Crippen LogP contribution >= 0.6 is 0 Å². The van der Waals surface area contributed by atoms with Crippen molar-refractivity contribution >= 4 is 5.97 Å². The van der Waals surface area contributed by atoms with E-state index in [9.17, 15) is 9.18 Å². The molecule has 0 unspecified atom stereocenters. The Kier molecular flexibility index (Phi) is 3.59. The van der Waals surface area contributed by atoms with Crippen molar-refractivity contribution in [2.24, 2.45) is 0 Å². The van der Waals surface area contributed by atoms with Crippen LogP contribution in [-0.2, 0) is 6.42 Å². The summed E-state index contributed by atoms with van der Waals surface area (Å²) in [5, 5.41) is 17.4. The Balaban J connectivity index is 2.96. The second-order valence-corrected chi connectivity index (χ2v) is 2.93. The molecule has 0 aliphatic carbocycles. The molecule has 0 saturated heterocycles. The quantitative estimate of drug-likeness (QED) is 0.769. The highest BCUT2D eigenvalue weighted by Gasteiger charge is 2.10. The van der Waals surface area contributed by atoms with E-state index >= 15 is 0 Å². The number of aromatic carboxylic acids is 1. The van der Waals surface area contributed by atoms with Crippen molar-refractivity contribution in [2.75, 3.05) is 6.61 Å². The third kappa shape index (κ3) is 2.53. The Morgan fingerprint density at radius 1 is 1.43 bits per heavy atom. The second kappa shape index (κ2) is 4.72. The first-order chi connectivity index (χ1) is 6.65. The molecule has 0 atom stereocenters. The van der Waals surface area contributed by atoms with Crippen molar-refractivity contribution in [3.63, 3.8) is 0 Å². The maximum Gasteiger partial charge on any atom is 0.336 e. The zero-order chi connectivity index (χ0) is 10.6. The largest absolute Gasteiger partial charge is 0.478 e. The molecule has 1 aromatic carbocycles. The summed E-state index contributed by atoms with van der Waals surface area (Å²) in [5.41, 5.74) is 0.520. The molecule has 76 valence electrons. The van der Waals surface area contributed by atoms with Gasteiger partial charge in [0, 0.05) is 6.61 Å². The van der Waals surface area contributed by atoms with Crippen molar-refractivity contribution in [3.8, 4) is 0 Å². The maximum absolute atomic E-state index is 12.7. The van der Waals surface area contributed by atoms with Crippen LogP contribution in [0.4, 0.5) is 4.39 Å². The van der Waals surface area contributed by atoms with Gasteiger partial charge in [-0.25, -0.2) is 9.18 Å². The van der Waals surface area contributed by atoms with Crippen LogP contribution in [0.3, 0.4) is 0 Å². The maximum atomic E-state index is 12.7. The molecule has 0 bridgehead atoms. The third-order valence-corrected chi connectivity index (χ3v) is 1.91. The van der Waals surface area contributed by atoms with Gasteiger partial charge in [0.25, 0.3) is 0 Å².